The van der Waals surface area contributed by atoms with Gasteiger partial charge in [0.25, 0.3) is 5.91 Å². The van der Waals surface area contributed by atoms with Gasteiger partial charge in [0.05, 0.1) is 5.56 Å². The fourth-order valence-corrected chi connectivity index (χ4v) is 0.704. The van der Waals surface area contributed by atoms with Crippen LogP contribution in [0.2, 0.25) is 0 Å². The third-order valence-electron chi connectivity index (χ3n) is 1.24. The van der Waals surface area contributed by atoms with E-state index in [4.69, 9.17) is 0 Å². The van der Waals surface area contributed by atoms with Crippen molar-refractivity contribution in [1.82, 2.24) is 5.32 Å². The summed E-state index contributed by atoms with van der Waals surface area (Å²) in [4.78, 5) is 10.9. The molecule has 0 aliphatic rings. The Morgan fingerprint density at radius 2 is 2.45 bits per heavy atom. The Hall–Kier alpha value is -1.38. The predicted molar refractivity (Wildman–Crippen MR) is 38.6 cm³/mol. The summed E-state index contributed by atoms with van der Waals surface area (Å²) in [5.74, 6) is -0.758. The number of hydrogen-bond acceptors (Lipinski definition) is 1. The molecule has 0 unspecified atom stereocenters. The van der Waals surface area contributed by atoms with E-state index in [0.717, 1.165) is 6.07 Å². The van der Waals surface area contributed by atoms with Crippen molar-refractivity contribution in [1.29, 1.82) is 0 Å². The van der Waals surface area contributed by atoms with E-state index in [1.165, 1.54) is 19.2 Å². The Morgan fingerprint density at radius 1 is 1.73 bits per heavy atom. The molecule has 0 saturated carbocycles. The van der Waals surface area contributed by atoms with Gasteiger partial charge >= 0.3 is 0 Å². The Balaban J connectivity index is 2.96. The fourth-order valence-electron chi connectivity index (χ4n) is 0.704. The highest BCUT2D eigenvalue weighted by Crippen LogP contribution is 2.01. The number of hydrogen-bond donors (Lipinski definition) is 1. The topological polar surface area (TPSA) is 29.1 Å². The van der Waals surface area contributed by atoms with Crippen LogP contribution in [0, 0.1) is 11.9 Å². The quantitative estimate of drug-likeness (QED) is 0.638. The number of halogens is 1. The minimum Gasteiger partial charge on any atom is -0.355 e. The first kappa shape index (κ1) is 7.72. The SMILES string of the molecule is CNC(=O)c1[c]ccc(F)c1. The van der Waals surface area contributed by atoms with Crippen LogP contribution in [-0.4, -0.2) is 13.0 Å². The number of carbonyl (C=O) groups is 1. The largest absolute Gasteiger partial charge is 0.355 e. The van der Waals surface area contributed by atoms with Gasteiger partial charge in [-0.05, 0) is 18.2 Å². The maximum atomic E-state index is 12.5. The van der Waals surface area contributed by atoms with Crippen molar-refractivity contribution in [3.05, 3.63) is 35.6 Å². The normalized spacial score (nSPS) is 9.27. The highest BCUT2D eigenvalue weighted by Gasteiger charge is 2.02. The third-order valence-corrected chi connectivity index (χ3v) is 1.24. The summed E-state index contributed by atoms with van der Waals surface area (Å²) in [6.07, 6.45) is 0. The van der Waals surface area contributed by atoms with Crippen LogP contribution in [-0.2, 0) is 0 Å². The third kappa shape index (κ3) is 1.77. The molecule has 0 aliphatic carbocycles. The lowest BCUT2D eigenvalue weighted by molar-refractivity contribution is 0.0962. The molecule has 0 saturated heterocycles. The number of amides is 1. The Bertz CT molecular complexity index is 273. The lowest BCUT2D eigenvalue weighted by Crippen LogP contribution is -2.17. The smallest absolute Gasteiger partial charge is 0.251 e. The Morgan fingerprint density at radius 3 is 3.00 bits per heavy atom. The van der Waals surface area contributed by atoms with Crippen molar-refractivity contribution in [2.45, 2.75) is 0 Å². The summed E-state index contributed by atoms with van der Waals surface area (Å²) >= 11 is 0. The Labute approximate surface area is 64.0 Å². The molecule has 0 bridgehead atoms. The van der Waals surface area contributed by atoms with Crippen LogP contribution in [0.5, 0.6) is 0 Å². The summed E-state index contributed by atoms with van der Waals surface area (Å²) in [6.45, 7) is 0. The summed E-state index contributed by atoms with van der Waals surface area (Å²) in [5.41, 5.74) is 0.215. The lowest BCUT2D eigenvalue weighted by Gasteiger charge is -1.96. The summed E-state index contributed by atoms with van der Waals surface area (Å²) in [7, 11) is 1.49. The van der Waals surface area contributed by atoms with Crippen LogP contribution in [0.15, 0.2) is 18.2 Å². The average Bonchev–Trinajstić information content (AvgIpc) is 2.03. The zero-order valence-electron chi connectivity index (χ0n) is 6.02. The van der Waals surface area contributed by atoms with Gasteiger partial charge in [-0.3, -0.25) is 4.79 Å². The van der Waals surface area contributed by atoms with E-state index in [2.05, 4.69) is 11.4 Å². The van der Waals surface area contributed by atoms with Gasteiger partial charge in [-0.25, -0.2) is 4.39 Å². The zero-order valence-corrected chi connectivity index (χ0v) is 6.02. The van der Waals surface area contributed by atoms with Gasteiger partial charge in [0.1, 0.15) is 5.82 Å². The zero-order chi connectivity index (χ0) is 8.27. The summed E-state index contributed by atoms with van der Waals surface area (Å²) in [6, 6.07) is 6.36. The van der Waals surface area contributed by atoms with Gasteiger partial charge in [-0.2, -0.15) is 0 Å². The number of carbonyl (C=O) groups excluding carboxylic acids is 1. The van der Waals surface area contributed by atoms with E-state index in [1.54, 1.807) is 0 Å². The molecule has 0 atom stereocenters. The molecule has 1 radical (unpaired) electrons. The minimum absolute atomic E-state index is 0.215. The molecule has 0 spiro atoms. The van der Waals surface area contributed by atoms with Gasteiger partial charge in [-0.15, -0.1) is 0 Å². The number of nitrogens with one attached hydrogen (secondary N) is 1. The second-order valence-corrected chi connectivity index (χ2v) is 2.00. The highest BCUT2D eigenvalue weighted by atomic mass is 19.1. The molecule has 0 fully saturated rings. The molecule has 0 heterocycles. The van der Waals surface area contributed by atoms with Crippen molar-refractivity contribution in [3.63, 3.8) is 0 Å². The molecule has 2 nitrogen and oxygen atoms in total. The van der Waals surface area contributed by atoms with Gasteiger partial charge < -0.3 is 5.32 Å². The molecule has 3 heteroatoms. The van der Waals surface area contributed by atoms with Crippen molar-refractivity contribution in [3.8, 4) is 0 Å². The van der Waals surface area contributed by atoms with Crippen LogP contribution >= 0.6 is 0 Å². The molecular weight excluding hydrogens is 145 g/mol. The van der Waals surface area contributed by atoms with Crippen molar-refractivity contribution < 1.29 is 9.18 Å². The molecule has 1 aromatic rings. The van der Waals surface area contributed by atoms with E-state index in [0.29, 0.717) is 0 Å². The molecule has 1 aromatic carbocycles. The fraction of sp³-hybridized carbons (Fsp3) is 0.125. The predicted octanol–water partition coefficient (Wildman–Crippen LogP) is 0.985. The van der Waals surface area contributed by atoms with Crippen LogP contribution in [0.1, 0.15) is 10.4 Å². The molecule has 1 amide bonds. The first-order valence-electron chi connectivity index (χ1n) is 3.13. The first-order valence-corrected chi connectivity index (χ1v) is 3.13. The van der Waals surface area contributed by atoms with Gasteiger partial charge in [-0.1, -0.05) is 6.07 Å². The molecule has 1 rings (SSSR count). The Kier molecular flexibility index (Phi) is 2.21. The van der Waals surface area contributed by atoms with Gasteiger partial charge in [0.2, 0.25) is 0 Å². The second-order valence-electron chi connectivity index (χ2n) is 2.00. The lowest BCUT2D eigenvalue weighted by atomic mass is 10.2. The van der Waals surface area contributed by atoms with Crippen LogP contribution in [0.25, 0.3) is 0 Å². The van der Waals surface area contributed by atoms with Crippen molar-refractivity contribution in [2.75, 3.05) is 7.05 Å². The molecule has 0 aliphatic heterocycles. The first-order chi connectivity index (χ1) is 5.24. The average molecular weight is 152 g/mol. The van der Waals surface area contributed by atoms with E-state index in [1.807, 2.05) is 0 Å². The van der Waals surface area contributed by atoms with Crippen molar-refractivity contribution in [2.24, 2.45) is 0 Å². The maximum absolute atomic E-state index is 12.5. The molecule has 57 valence electrons. The standard InChI is InChI=1S/C8H7FNO/c1-10-8(11)6-3-2-4-7(9)5-6/h2,4-5H,1H3,(H,10,11). The van der Waals surface area contributed by atoms with Gasteiger partial charge in [0.15, 0.2) is 0 Å². The number of rotatable bonds is 1. The van der Waals surface area contributed by atoms with Crippen molar-refractivity contribution >= 4 is 5.91 Å². The molecular formula is C8H7FNO. The summed E-state index contributed by atoms with van der Waals surface area (Å²) < 4.78 is 12.5. The maximum Gasteiger partial charge on any atom is 0.251 e. The van der Waals surface area contributed by atoms with Gasteiger partial charge in [0, 0.05) is 7.05 Å². The van der Waals surface area contributed by atoms with Crippen LogP contribution in [0.4, 0.5) is 4.39 Å². The molecule has 0 aromatic heterocycles. The number of benzene rings is 1. The monoisotopic (exact) mass is 152 g/mol. The van der Waals surface area contributed by atoms with Crippen LogP contribution in [0.3, 0.4) is 0 Å². The molecule has 1 N–H and O–H groups in total. The summed E-state index contributed by atoms with van der Waals surface area (Å²) in [5, 5.41) is 2.37. The van der Waals surface area contributed by atoms with E-state index >= 15 is 0 Å². The minimum atomic E-state index is -0.428. The van der Waals surface area contributed by atoms with Crippen LogP contribution < -0.4 is 5.32 Å². The van der Waals surface area contributed by atoms with E-state index in [-0.39, 0.29) is 11.5 Å². The molecule has 11 heavy (non-hydrogen) atoms. The van der Waals surface area contributed by atoms with E-state index in [9.17, 15) is 9.18 Å². The second kappa shape index (κ2) is 3.14. The highest BCUT2D eigenvalue weighted by molar-refractivity contribution is 5.93. The van der Waals surface area contributed by atoms with E-state index < -0.39 is 5.82 Å².